The van der Waals surface area contributed by atoms with E-state index in [4.69, 9.17) is 0 Å². The van der Waals surface area contributed by atoms with E-state index in [1.807, 2.05) is 0 Å². The topological polar surface area (TPSA) is 65.9 Å². The molecule has 0 aliphatic heterocycles. The van der Waals surface area contributed by atoms with Crippen LogP contribution in [0, 0.1) is 0 Å². The van der Waals surface area contributed by atoms with Crippen LogP contribution in [0.25, 0.3) is 11.0 Å². The van der Waals surface area contributed by atoms with Gasteiger partial charge < -0.3 is 9.90 Å². The van der Waals surface area contributed by atoms with Crippen molar-refractivity contribution in [1.29, 1.82) is 0 Å². The normalized spacial score (nSPS) is 9.43. The second-order valence-electron chi connectivity index (χ2n) is 2.52. The minimum atomic E-state index is -1.21. The SMILES string of the molecule is O=C([O-])c1ccnc2ncccc12.[K+]. The quantitative estimate of drug-likeness (QED) is 0.472. The number of carbonyl (C=O) groups excluding carboxylic acids is 1. The Kier molecular flexibility index (Phi) is 4.15. The van der Waals surface area contributed by atoms with Gasteiger partial charge in [0.25, 0.3) is 0 Å². The number of carbonyl (C=O) groups is 1. The van der Waals surface area contributed by atoms with Gasteiger partial charge in [-0.05, 0) is 18.2 Å². The number of rotatable bonds is 1. The van der Waals surface area contributed by atoms with Gasteiger partial charge in [-0.1, -0.05) is 0 Å². The molecule has 2 heterocycles. The molecule has 0 fully saturated rings. The predicted molar refractivity (Wildman–Crippen MR) is 43.9 cm³/mol. The van der Waals surface area contributed by atoms with E-state index in [9.17, 15) is 9.90 Å². The summed E-state index contributed by atoms with van der Waals surface area (Å²) in [5.74, 6) is -1.21. The molecule has 0 spiro atoms. The third-order valence-electron chi connectivity index (χ3n) is 1.73. The van der Waals surface area contributed by atoms with Gasteiger partial charge in [-0.25, -0.2) is 9.97 Å². The van der Waals surface area contributed by atoms with E-state index < -0.39 is 5.97 Å². The summed E-state index contributed by atoms with van der Waals surface area (Å²) < 4.78 is 0. The van der Waals surface area contributed by atoms with Gasteiger partial charge in [0.2, 0.25) is 0 Å². The Hall–Kier alpha value is -0.334. The van der Waals surface area contributed by atoms with Crippen molar-refractivity contribution < 1.29 is 61.3 Å². The van der Waals surface area contributed by atoms with Crippen molar-refractivity contribution in [3.8, 4) is 0 Å². The summed E-state index contributed by atoms with van der Waals surface area (Å²) in [6.45, 7) is 0. The molecule has 0 N–H and O–H groups in total. The Balaban J connectivity index is 0.000000980. The molecule has 0 bridgehead atoms. The second-order valence-corrected chi connectivity index (χ2v) is 2.52. The summed E-state index contributed by atoms with van der Waals surface area (Å²) in [5, 5.41) is 11.2. The first kappa shape index (κ1) is 11.7. The van der Waals surface area contributed by atoms with E-state index in [-0.39, 0.29) is 56.9 Å². The van der Waals surface area contributed by atoms with E-state index in [0.717, 1.165) is 0 Å². The molecule has 14 heavy (non-hydrogen) atoms. The largest absolute Gasteiger partial charge is 1.00 e. The Morgan fingerprint density at radius 2 is 1.93 bits per heavy atom. The van der Waals surface area contributed by atoms with Crippen molar-refractivity contribution >= 4 is 17.0 Å². The van der Waals surface area contributed by atoms with Gasteiger partial charge in [-0.2, -0.15) is 0 Å². The van der Waals surface area contributed by atoms with Crippen LogP contribution in [0.5, 0.6) is 0 Å². The van der Waals surface area contributed by atoms with Crippen molar-refractivity contribution in [2.24, 2.45) is 0 Å². The molecular formula is C9H5KN2O2. The zero-order valence-corrected chi connectivity index (χ0v) is 10.7. The van der Waals surface area contributed by atoms with Crippen LogP contribution < -0.4 is 56.5 Å². The molecule has 0 atom stereocenters. The van der Waals surface area contributed by atoms with Crippen molar-refractivity contribution in [2.45, 2.75) is 0 Å². The van der Waals surface area contributed by atoms with Gasteiger partial charge in [0.05, 0.1) is 5.97 Å². The van der Waals surface area contributed by atoms with E-state index in [0.29, 0.717) is 11.0 Å². The maximum Gasteiger partial charge on any atom is 1.00 e. The number of fused-ring (bicyclic) bond motifs is 1. The smallest absolute Gasteiger partial charge is 0.545 e. The minimum Gasteiger partial charge on any atom is -0.545 e. The van der Waals surface area contributed by atoms with Gasteiger partial charge in [0.15, 0.2) is 5.65 Å². The van der Waals surface area contributed by atoms with Crippen LogP contribution in [0.15, 0.2) is 30.6 Å². The average Bonchev–Trinajstić information content (AvgIpc) is 2.17. The zero-order chi connectivity index (χ0) is 9.26. The van der Waals surface area contributed by atoms with Crippen LogP contribution >= 0.6 is 0 Å². The monoisotopic (exact) mass is 212 g/mol. The first-order chi connectivity index (χ1) is 6.29. The van der Waals surface area contributed by atoms with E-state index in [1.54, 1.807) is 18.3 Å². The van der Waals surface area contributed by atoms with Crippen molar-refractivity contribution in [1.82, 2.24) is 9.97 Å². The van der Waals surface area contributed by atoms with Crippen LogP contribution in [0.3, 0.4) is 0 Å². The van der Waals surface area contributed by atoms with E-state index in [2.05, 4.69) is 9.97 Å². The van der Waals surface area contributed by atoms with Crippen LogP contribution in [0.2, 0.25) is 0 Å². The molecule has 2 aromatic heterocycles. The van der Waals surface area contributed by atoms with Crippen LogP contribution in [-0.4, -0.2) is 15.9 Å². The van der Waals surface area contributed by atoms with Crippen molar-refractivity contribution in [3.05, 3.63) is 36.2 Å². The summed E-state index contributed by atoms with van der Waals surface area (Å²) in [7, 11) is 0. The first-order valence-corrected chi connectivity index (χ1v) is 3.70. The van der Waals surface area contributed by atoms with Crippen LogP contribution in [0.1, 0.15) is 10.4 Å². The molecule has 0 radical (unpaired) electrons. The zero-order valence-electron chi connectivity index (χ0n) is 7.60. The molecule has 2 aromatic rings. The van der Waals surface area contributed by atoms with Gasteiger partial charge in [-0.15, -0.1) is 0 Å². The Labute approximate surface area is 123 Å². The van der Waals surface area contributed by atoms with Crippen LogP contribution in [0.4, 0.5) is 0 Å². The van der Waals surface area contributed by atoms with Crippen molar-refractivity contribution in [2.75, 3.05) is 0 Å². The number of aromatic nitrogens is 2. The second kappa shape index (κ2) is 4.95. The maximum atomic E-state index is 10.6. The molecule has 0 aromatic carbocycles. The summed E-state index contributed by atoms with van der Waals surface area (Å²) in [6, 6.07) is 4.72. The molecule has 0 saturated carbocycles. The maximum absolute atomic E-state index is 10.6. The number of carboxylic acid groups (broad SMARTS) is 1. The third-order valence-corrected chi connectivity index (χ3v) is 1.73. The number of pyridine rings is 2. The third kappa shape index (κ3) is 2.18. The average molecular weight is 212 g/mol. The van der Waals surface area contributed by atoms with E-state index >= 15 is 0 Å². The summed E-state index contributed by atoms with van der Waals surface area (Å²) in [6.07, 6.45) is 2.97. The molecular weight excluding hydrogens is 207 g/mol. The van der Waals surface area contributed by atoms with E-state index in [1.165, 1.54) is 12.3 Å². The molecule has 4 nitrogen and oxygen atoms in total. The molecule has 64 valence electrons. The molecule has 0 aliphatic carbocycles. The molecule has 0 aliphatic rings. The predicted octanol–water partition coefficient (Wildman–Crippen LogP) is -3.00. The minimum absolute atomic E-state index is 0. The number of hydrogen-bond acceptors (Lipinski definition) is 4. The number of aromatic carboxylic acids is 1. The summed E-state index contributed by atoms with van der Waals surface area (Å²) >= 11 is 0. The van der Waals surface area contributed by atoms with Gasteiger partial charge in [0.1, 0.15) is 0 Å². The standard InChI is InChI=1S/C9H6N2O2.K/c12-9(13)7-3-5-11-8-6(7)2-1-4-10-8;/h1-5H,(H,12,13);/q;+1/p-1. The molecule has 0 amide bonds. The number of carboxylic acids is 1. The van der Waals surface area contributed by atoms with Crippen molar-refractivity contribution in [3.63, 3.8) is 0 Å². The number of hydrogen-bond donors (Lipinski definition) is 0. The van der Waals surface area contributed by atoms with Gasteiger partial charge >= 0.3 is 51.4 Å². The molecule has 2 rings (SSSR count). The molecule has 0 saturated heterocycles. The van der Waals surface area contributed by atoms with Crippen LogP contribution in [-0.2, 0) is 0 Å². The number of nitrogens with zero attached hydrogens (tertiary/aromatic N) is 2. The van der Waals surface area contributed by atoms with Gasteiger partial charge in [-0.3, -0.25) is 0 Å². The Morgan fingerprint density at radius 3 is 2.64 bits per heavy atom. The fourth-order valence-electron chi connectivity index (χ4n) is 1.16. The summed E-state index contributed by atoms with van der Waals surface area (Å²) in [4.78, 5) is 18.5. The molecule has 0 unspecified atom stereocenters. The summed E-state index contributed by atoms with van der Waals surface area (Å²) in [5.41, 5.74) is 0.544. The van der Waals surface area contributed by atoms with Gasteiger partial charge in [0, 0.05) is 23.3 Å². The Morgan fingerprint density at radius 1 is 1.21 bits per heavy atom. The Bertz CT molecular complexity index is 468. The fraction of sp³-hybridized carbons (Fsp3) is 0. The first-order valence-electron chi connectivity index (χ1n) is 3.70. The molecule has 5 heteroatoms. The fourth-order valence-corrected chi connectivity index (χ4v) is 1.16.